The normalized spacial score (nSPS) is 11.0. The first kappa shape index (κ1) is 16.1. The number of hydrogen-bond acceptors (Lipinski definition) is 3. The molecule has 4 aromatic rings. The average Bonchev–Trinajstić information content (AvgIpc) is 3.16. The average molecular weight is 349 g/mol. The Labute approximate surface area is 149 Å². The van der Waals surface area contributed by atoms with Crippen LogP contribution in [0.1, 0.15) is 21.8 Å². The summed E-state index contributed by atoms with van der Waals surface area (Å²) >= 11 is 0. The molecule has 0 bridgehead atoms. The monoisotopic (exact) mass is 349 g/mol. The summed E-state index contributed by atoms with van der Waals surface area (Å²) in [5, 5.41) is 8.11. The van der Waals surface area contributed by atoms with E-state index in [1.807, 2.05) is 38.1 Å². The highest BCUT2D eigenvalue weighted by Crippen LogP contribution is 2.26. The van der Waals surface area contributed by atoms with E-state index in [1.54, 1.807) is 22.9 Å². The van der Waals surface area contributed by atoms with Crippen molar-refractivity contribution in [3.63, 3.8) is 0 Å². The molecule has 0 saturated carbocycles. The minimum Gasteiger partial charge on any atom is -0.451 e. The van der Waals surface area contributed by atoms with Gasteiger partial charge in [0.2, 0.25) is 0 Å². The molecule has 0 aliphatic rings. The van der Waals surface area contributed by atoms with Gasteiger partial charge in [0.05, 0.1) is 11.4 Å². The summed E-state index contributed by atoms with van der Waals surface area (Å²) in [7, 11) is 0. The second kappa shape index (κ2) is 6.15. The highest BCUT2D eigenvalue weighted by Gasteiger charge is 2.19. The summed E-state index contributed by atoms with van der Waals surface area (Å²) in [4.78, 5) is 12.7. The lowest BCUT2D eigenvalue weighted by Crippen LogP contribution is -2.15. The van der Waals surface area contributed by atoms with Crippen LogP contribution in [0.5, 0.6) is 0 Å². The van der Waals surface area contributed by atoms with Crippen molar-refractivity contribution < 1.29 is 13.6 Å². The zero-order valence-electron chi connectivity index (χ0n) is 14.3. The van der Waals surface area contributed by atoms with E-state index < -0.39 is 0 Å². The fourth-order valence-electron chi connectivity index (χ4n) is 2.93. The Bertz CT molecular complexity index is 1110. The number of rotatable bonds is 3. The number of nitrogens with one attached hydrogen (secondary N) is 1. The SMILES string of the molecule is Cc1cc(NC(=O)c2oc3ccccc3c2C)n(-c2ccc(F)cc2)n1. The number of benzene rings is 2. The first-order chi connectivity index (χ1) is 12.5. The summed E-state index contributed by atoms with van der Waals surface area (Å²) in [5.74, 6) is 0.0535. The second-order valence-electron chi connectivity index (χ2n) is 6.07. The Morgan fingerprint density at radius 3 is 2.58 bits per heavy atom. The summed E-state index contributed by atoms with van der Waals surface area (Å²) in [6.45, 7) is 3.67. The van der Waals surface area contributed by atoms with Crippen LogP contribution in [0.2, 0.25) is 0 Å². The van der Waals surface area contributed by atoms with Gasteiger partial charge in [-0.15, -0.1) is 0 Å². The Balaban J connectivity index is 1.70. The predicted octanol–water partition coefficient (Wildman–Crippen LogP) is 4.63. The molecular weight excluding hydrogens is 333 g/mol. The number of para-hydroxylation sites is 1. The Hall–Kier alpha value is -3.41. The van der Waals surface area contributed by atoms with Crippen molar-refractivity contribution in [2.45, 2.75) is 13.8 Å². The first-order valence-electron chi connectivity index (χ1n) is 8.15. The van der Waals surface area contributed by atoms with E-state index in [0.717, 1.165) is 16.6 Å². The molecule has 0 atom stereocenters. The van der Waals surface area contributed by atoms with Crippen molar-refractivity contribution in [2.75, 3.05) is 5.32 Å². The van der Waals surface area contributed by atoms with E-state index in [-0.39, 0.29) is 17.5 Å². The maximum atomic E-state index is 13.2. The van der Waals surface area contributed by atoms with Gasteiger partial charge < -0.3 is 9.73 Å². The van der Waals surface area contributed by atoms with Crippen molar-refractivity contribution in [1.82, 2.24) is 9.78 Å². The maximum absolute atomic E-state index is 13.2. The van der Waals surface area contributed by atoms with Gasteiger partial charge in [-0.3, -0.25) is 4.79 Å². The van der Waals surface area contributed by atoms with Crippen LogP contribution in [0.15, 0.2) is 59.0 Å². The number of aryl methyl sites for hydroxylation is 2. The molecule has 4 rings (SSSR count). The first-order valence-corrected chi connectivity index (χ1v) is 8.15. The topological polar surface area (TPSA) is 60.1 Å². The van der Waals surface area contributed by atoms with E-state index in [4.69, 9.17) is 4.42 Å². The zero-order chi connectivity index (χ0) is 18.3. The van der Waals surface area contributed by atoms with Crippen LogP contribution >= 0.6 is 0 Å². The fourth-order valence-corrected chi connectivity index (χ4v) is 2.93. The molecule has 0 spiro atoms. The maximum Gasteiger partial charge on any atom is 0.292 e. The number of amides is 1. The lowest BCUT2D eigenvalue weighted by Gasteiger charge is -2.08. The molecule has 2 heterocycles. The number of halogens is 1. The summed E-state index contributed by atoms with van der Waals surface area (Å²) in [5.41, 5.74) is 2.82. The van der Waals surface area contributed by atoms with Gasteiger partial charge in [-0.1, -0.05) is 18.2 Å². The predicted molar refractivity (Wildman–Crippen MR) is 97.2 cm³/mol. The number of fused-ring (bicyclic) bond motifs is 1. The number of nitrogens with zero attached hydrogens (tertiary/aromatic N) is 2. The molecule has 0 unspecified atom stereocenters. The Morgan fingerprint density at radius 2 is 1.85 bits per heavy atom. The Morgan fingerprint density at radius 1 is 1.12 bits per heavy atom. The lowest BCUT2D eigenvalue weighted by molar-refractivity contribution is 0.0997. The van der Waals surface area contributed by atoms with Gasteiger partial charge in [0.15, 0.2) is 5.76 Å². The molecule has 1 N–H and O–H groups in total. The Kier molecular flexibility index (Phi) is 3.80. The van der Waals surface area contributed by atoms with E-state index in [2.05, 4.69) is 10.4 Å². The molecule has 2 aromatic carbocycles. The van der Waals surface area contributed by atoms with Crippen LogP contribution in [-0.4, -0.2) is 15.7 Å². The number of carbonyl (C=O) groups is 1. The molecule has 0 saturated heterocycles. The number of anilines is 1. The highest BCUT2D eigenvalue weighted by atomic mass is 19.1. The summed E-state index contributed by atoms with van der Waals surface area (Å²) in [6, 6.07) is 15.2. The van der Waals surface area contributed by atoms with Crippen LogP contribution in [-0.2, 0) is 0 Å². The third-order valence-electron chi connectivity index (χ3n) is 4.19. The van der Waals surface area contributed by atoms with E-state index in [0.29, 0.717) is 17.1 Å². The van der Waals surface area contributed by atoms with Crippen LogP contribution in [0.3, 0.4) is 0 Å². The summed E-state index contributed by atoms with van der Waals surface area (Å²) < 4.78 is 20.4. The van der Waals surface area contributed by atoms with Gasteiger partial charge in [0, 0.05) is 17.0 Å². The molecule has 0 radical (unpaired) electrons. The van der Waals surface area contributed by atoms with Crippen molar-refractivity contribution in [1.29, 1.82) is 0 Å². The quantitative estimate of drug-likeness (QED) is 0.587. The molecular formula is C20H16FN3O2. The zero-order valence-corrected chi connectivity index (χ0v) is 14.3. The van der Waals surface area contributed by atoms with Crippen LogP contribution in [0.25, 0.3) is 16.7 Å². The molecule has 5 nitrogen and oxygen atoms in total. The van der Waals surface area contributed by atoms with E-state index in [9.17, 15) is 9.18 Å². The number of carbonyl (C=O) groups excluding carboxylic acids is 1. The fraction of sp³-hybridized carbons (Fsp3) is 0.100. The van der Waals surface area contributed by atoms with Crippen molar-refractivity contribution in [2.24, 2.45) is 0 Å². The highest BCUT2D eigenvalue weighted by molar-refractivity contribution is 6.06. The van der Waals surface area contributed by atoms with Gasteiger partial charge in [-0.25, -0.2) is 9.07 Å². The largest absolute Gasteiger partial charge is 0.451 e. The number of furan rings is 1. The third-order valence-corrected chi connectivity index (χ3v) is 4.19. The number of aromatic nitrogens is 2. The van der Waals surface area contributed by atoms with Gasteiger partial charge in [0.25, 0.3) is 5.91 Å². The minimum atomic E-state index is -0.359. The second-order valence-corrected chi connectivity index (χ2v) is 6.07. The molecule has 6 heteroatoms. The van der Waals surface area contributed by atoms with E-state index >= 15 is 0 Å². The number of hydrogen-bond donors (Lipinski definition) is 1. The van der Waals surface area contributed by atoms with Crippen LogP contribution < -0.4 is 5.32 Å². The molecule has 130 valence electrons. The van der Waals surface area contributed by atoms with E-state index in [1.165, 1.54) is 12.1 Å². The van der Waals surface area contributed by atoms with Crippen LogP contribution in [0.4, 0.5) is 10.2 Å². The standard InChI is InChI=1S/C20H16FN3O2/c1-12-11-18(24(23-12)15-9-7-14(21)8-10-15)22-20(25)19-13(2)16-5-3-4-6-17(16)26-19/h3-11H,1-2H3,(H,22,25). The van der Waals surface area contributed by atoms with Gasteiger partial charge in [-0.2, -0.15) is 5.10 Å². The lowest BCUT2D eigenvalue weighted by atomic mass is 10.1. The van der Waals surface area contributed by atoms with Crippen molar-refractivity contribution in [3.8, 4) is 5.69 Å². The molecule has 0 fully saturated rings. The third kappa shape index (κ3) is 2.75. The summed E-state index contributed by atoms with van der Waals surface area (Å²) in [6.07, 6.45) is 0. The molecule has 0 aliphatic heterocycles. The minimum absolute atomic E-state index is 0.260. The van der Waals surface area contributed by atoms with Crippen molar-refractivity contribution in [3.05, 3.63) is 77.4 Å². The molecule has 1 amide bonds. The van der Waals surface area contributed by atoms with Gasteiger partial charge in [0.1, 0.15) is 17.2 Å². The van der Waals surface area contributed by atoms with Crippen LogP contribution in [0, 0.1) is 19.7 Å². The van der Waals surface area contributed by atoms with Gasteiger partial charge >= 0.3 is 0 Å². The molecule has 26 heavy (non-hydrogen) atoms. The smallest absolute Gasteiger partial charge is 0.292 e. The molecule has 0 aliphatic carbocycles. The molecule has 2 aromatic heterocycles. The van der Waals surface area contributed by atoms with Crippen molar-refractivity contribution >= 4 is 22.7 Å². The van der Waals surface area contributed by atoms with Gasteiger partial charge in [-0.05, 0) is 44.2 Å².